The predicted molar refractivity (Wildman–Crippen MR) is 119 cm³/mol. The molecule has 0 aliphatic rings. The van der Waals surface area contributed by atoms with Gasteiger partial charge in [-0.05, 0) is 48.9 Å². The first-order chi connectivity index (χ1) is 14.3. The van der Waals surface area contributed by atoms with Crippen molar-refractivity contribution in [1.82, 2.24) is 15.0 Å². The summed E-state index contributed by atoms with van der Waals surface area (Å²) in [6.45, 7) is 8.25. The highest BCUT2D eigenvalue weighted by Crippen LogP contribution is 2.34. The van der Waals surface area contributed by atoms with Gasteiger partial charge < -0.3 is 5.11 Å². The minimum atomic E-state index is -1.12. The molecule has 0 aliphatic heterocycles. The molecule has 3 aromatic rings. The van der Waals surface area contributed by atoms with Crippen LogP contribution in [-0.4, -0.2) is 26.1 Å². The number of carbonyl (C=O) groups is 1. The van der Waals surface area contributed by atoms with Gasteiger partial charge in [-0.15, -0.1) is 5.10 Å². The molecule has 30 heavy (non-hydrogen) atoms. The maximum Gasteiger partial charge on any atom is 0.355 e. The summed E-state index contributed by atoms with van der Waals surface area (Å²) in [5, 5.41) is 19.6. The molecule has 0 radical (unpaired) electrons. The van der Waals surface area contributed by atoms with Crippen LogP contribution in [0.4, 0.5) is 16.2 Å². The zero-order chi connectivity index (χ0) is 21.7. The predicted octanol–water partition coefficient (Wildman–Crippen LogP) is 5.36. The number of anilines is 2. The smallest absolute Gasteiger partial charge is 0.355 e. The van der Waals surface area contributed by atoms with Gasteiger partial charge in [0.1, 0.15) is 11.3 Å². The number of carbonyl (C=O) groups excluding carboxylic acids is 1. The third-order valence-electron chi connectivity index (χ3n) is 4.88. The molecular weight excluding hydrogens is 376 g/mol. The van der Waals surface area contributed by atoms with E-state index < -0.39 is 5.60 Å². The fourth-order valence-corrected chi connectivity index (χ4v) is 3.84. The van der Waals surface area contributed by atoms with Gasteiger partial charge in [-0.3, -0.25) is 4.90 Å². The first-order valence-electron chi connectivity index (χ1n) is 10.4. The van der Waals surface area contributed by atoms with Crippen LogP contribution in [0.25, 0.3) is 0 Å². The van der Waals surface area contributed by atoms with Crippen LogP contribution in [0.1, 0.15) is 46.2 Å². The van der Waals surface area contributed by atoms with E-state index in [9.17, 15) is 9.90 Å². The number of hydrogen-bond acceptors (Lipinski definition) is 4. The van der Waals surface area contributed by atoms with Crippen LogP contribution < -0.4 is 4.90 Å². The fourth-order valence-electron chi connectivity index (χ4n) is 3.84. The van der Waals surface area contributed by atoms with Gasteiger partial charge in [0.15, 0.2) is 0 Å². The number of benzene rings is 2. The van der Waals surface area contributed by atoms with Crippen LogP contribution in [0.15, 0.2) is 66.9 Å². The lowest BCUT2D eigenvalue weighted by molar-refractivity contribution is -0.00854. The normalized spacial score (nSPS) is 11.8. The van der Waals surface area contributed by atoms with Crippen molar-refractivity contribution < 1.29 is 9.90 Å². The molecule has 0 bridgehead atoms. The van der Waals surface area contributed by atoms with Crippen molar-refractivity contribution in [3.8, 4) is 0 Å². The van der Waals surface area contributed by atoms with E-state index in [0.29, 0.717) is 18.5 Å². The summed E-state index contributed by atoms with van der Waals surface area (Å²) in [6, 6.07) is 18.5. The Labute approximate surface area is 178 Å². The van der Waals surface area contributed by atoms with Crippen molar-refractivity contribution in [3.63, 3.8) is 0 Å². The van der Waals surface area contributed by atoms with Gasteiger partial charge in [0.05, 0.1) is 17.6 Å². The molecule has 0 fully saturated rings. The summed E-state index contributed by atoms with van der Waals surface area (Å²) in [5.41, 5.74) is 0.764. The van der Waals surface area contributed by atoms with Crippen molar-refractivity contribution in [2.24, 2.45) is 11.8 Å². The molecule has 1 aromatic heterocycles. The number of hydrogen-bond donors (Lipinski definition) is 1. The standard InChI is InChI=1S/C24H30N4O2/c1-18(2)15-24(30,16-19(3)4)22-17-27(26-25-22)23(29)28(20-11-7-5-8-12-20)21-13-9-6-10-14-21/h5-14,17-19,30H,15-16H2,1-4H3. The third kappa shape index (κ3) is 4.94. The maximum atomic E-state index is 13.4. The lowest BCUT2D eigenvalue weighted by Gasteiger charge is -2.29. The van der Waals surface area contributed by atoms with E-state index in [1.54, 1.807) is 11.1 Å². The number of para-hydroxylation sites is 2. The molecule has 0 saturated heterocycles. The van der Waals surface area contributed by atoms with Crippen LogP contribution in [0.5, 0.6) is 0 Å². The molecule has 2 aromatic carbocycles. The SMILES string of the molecule is CC(C)CC(O)(CC(C)C)c1cn(C(=O)N(c2ccccc2)c2ccccc2)nn1. The van der Waals surface area contributed by atoms with E-state index in [1.165, 1.54) is 4.68 Å². The van der Waals surface area contributed by atoms with Crippen molar-refractivity contribution in [2.75, 3.05) is 4.90 Å². The van der Waals surface area contributed by atoms with Gasteiger partial charge in [0.25, 0.3) is 0 Å². The summed E-state index contributed by atoms with van der Waals surface area (Å²) < 4.78 is 1.21. The number of amides is 1. The highest BCUT2D eigenvalue weighted by Gasteiger charge is 2.35. The molecule has 1 amide bonds. The lowest BCUT2D eigenvalue weighted by Crippen LogP contribution is -2.32. The van der Waals surface area contributed by atoms with E-state index in [4.69, 9.17) is 0 Å². The molecular formula is C24H30N4O2. The molecule has 6 nitrogen and oxygen atoms in total. The topological polar surface area (TPSA) is 71.2 Å². The maximum absolute atomic E-state index is 13.4. The molecule has 0 spiro atoms. The Hall–Kier alpha value is -2.99. The van der Waals surface area contributed by atoms with E-state index in [-0.39, 0.29) is 17.9 Å². The second-order valence-corrected chi connectivity index (χ2v) is 8.56. The van der Waals surface area contributed by atoms with Crippen LogP contribution in [-0.2, 0) is 5.60 Å². The molecule has 0 aliphatic carbocycles. The summed E-state index contributed by atoms with van der Waals surface area (Å²) in [6.07, 6.45) is 2.67. The van der Waals surface area contributed by atoms with Gasteiger partial charge >= 0.3 is 6.03 Å². The third-order valence-corrected chi connectivity index (χ3v) is 4.88. The first-order valence-corrected chi connectivity index (χ1v) is 10.4. The van der Waals surface area contributed by atoms with Gasteiger partial charge in [-0.25, -0.2) is 4.79 Å². The van der Waals surface area contributed by atoms with Crippen LogP contribution in [0.3, 0.4) is 0 Å². The Morgan fingerprint density at radius 3 is 1.83 bits per heavy atom. The average molecular weight is 407 g/mol. The molecule has 0 unspecified atom stereocenters. The minimum Gasteiger partial charge on any atom is -0.383 e. The highest BCUT2D eigenvalue weighted by atomic mass is 16.3. The first kappa shape index (κ1) is 21.7. The summed E-state index contributed by atoms with van der Waals surface area (Å²) in [4.78, 5) is 15.0. The Morgan fingerprint density at radius 1 is 0.933 bits per heavy atom. The van der Waals surface area contributed by atoms with E-state index in [1.807, 2.05) is 60.7 Å². The molecule has 0 atom stereocenters. The Morgan fingerprint density at radius 2 is 1.40 bits per heavy atom. The van der Waals surface area contributed by atoms with E-state index in [0.717, 1.165) is 11.4 Å². The van der Waals surface area contributed by atoms with Crippen molar-refractivity contribution >= 4 is 17.4 Å². The number of aromatic nitrogens is 3. The average Bonchev–Trinajstić information content (AvgIpc) is 3.20. The number of rotatable bonds is 7. The molecule has 6 heteroatoms. The van der Waals surface area contributed by atoms with Crippen LogP contribution >= 0.6 is 0 Å². The van der Waals surface area contributed by atoms with E-state index in [2.05, 4.69) is 38.0 Å². The Kier molecular flexibility index (Phi) is 6.67. The van der Waals surface area contributed by atoms with Gasteiger partial charge in [-0.2, -0.15) is 4.68 Å². The fraction of sp³-hybridized carbons (Fsp3) is 0.375. The molecule has 3 rings (SSSR count). The molecule has 158 valence electrons. The van der Waals surface area contributed by atoms with Crippen molar-refractivity contribution in [2.45, 2.75) is 46.1 Å². The highest BCUT2D eigenvalue weighted by molar-refractivity contribution is 6.00. The van der Waals surface area contributed by atoms with Crippen LogP contribution in [0, 0.1) is 11.8 Å². The monoisotopic (exact) mass is 406 g/mol. The Bertz CT molecular complexity index is 902. The summed E-state index contributed by atoms with van der Waals surface area (Å²) in [5.74, 6) is 0.555. The molecule has 1 heterocycles. The lowest BCUT2D eigenvalue weighted by atomic mass is 9.83. The molecule has 0 saturated carbocycles. The second kappa shape index (κ2) is 9.22. The van der Waals surface area contributed by atoms with Crippen LogP contribution in [0.2, 0.25) is 0 Å². The van der Waals surface area contributed by atoms with Gasteiger partial charge in [-0.1, -0.05) is 69.3 Å². The second-order valence-electron chi connectivity index (χ2n) is 8.56. The number of nitrogens with zero attached hydrogens (tertiary/aromatic N) is 4. The minimum absolute atomic E-state index is 0.278. The van der Waals surface area contributed by atoms with Gasteiger partial charge in [0.2, 0.25) is 0 Å². The van der Waals surface area contributed by atoms with E-state index >= 15 is 0 Å². The van der Waals surface area contributed by atoms with Crippen molar-refractivity contribution in [3.05, 3.63) is 72.6 Å². The molecule has 1 N–H and O–H groups in total. The Balaban J connectivity index is 1.98. The van der Waals surface area contributed by atoms with Crippen molar-refractivity contribution in [1.29, 1.82) is 0 Å². The number of aliphatic hydroxyl groups is 1. The zero-order valence-corrected chi connectivity index (χ0v) is 18.1. The summed E-state index contributed by atoms with van der Waals surface area (Å²) >= 11 is 0. The quantitative estimate of drug-likeness (QED) is 0.573. The van der Waals surface area contributed by atoms with Gasteiger partial charge in [0, 0.05) is 0 Å². The summed E-state index contributed by atoms with van der Waals surface area (Å²) in [7, 11) is 0. The largest absolute Gasteiger partial charge is 0.383 e. The zero-order valence-electron chi connectivity index (χ0n) is 18.1.